The Kier molecular flexibility index (Phi) is 5.85. The Hall–Kier alpha value is -3.43. The van der Waals surface area contributed by atoms with E-state index in [9.17, 15) is 18.0 Å². The summed E-state index contributed by atoms with van der Waals surface area (Å²) in [5, 5.41) is 2.78. The number of thiazole rings is 1. The average Bonchev–Trinajstić information content (AvgIpc) is 3.00. The number of rotatable bonds is 5. The fourth-order valence-corrected chi connectivity index (χ4v) is 5.92. The highest BCUT2D eigenvalue weighted by Gasteiger charge is 2.20. The molecule has 9 heteroatoms. The van der Waals surface area contributed by atoms with Crippen molar-refractivity contribution in [2.45, 2.75) is 25.7 Å². The molecule has 0 spiro atoms. The van der Waals surface area contributed by atoms with Crippen LogP contribution in [0.1, 0.15) is 27.0 Å². The van der Waals surface area contributed by atoms with E-state index < -0.39 is 15.9 Å². The number of aryl methyl sites for hydroxylation is 4. The SMILES string of the molecule is Cc1cc(C)cc(NS(=O)(=O)c2cc(C(=O)Nc3ccc4c(c3)sc(=O)n4C)ccc2C)c1. The maximum Gasteiger partial charge on any atom is 0.307 e. The molecule has 0 aliphatic carbocycles. The van der Waals surface area contributed by atoms with Gasteiger partial charge >= 0.3 is 4.87 Å². The lowest BCUT2D eigenvalue weighted by atomic mass is 10.1. The van der Waals surface area contributed by atoms with Crippen molar-refractivity contribution < 1.29 is 13.2 Å². The summed E-state index contributed by atoms with van der Waals surface area (Å²) in [5.41, 5.74) is 4.39. The van der Waals surface area contributed by atoms with Crippen LogP contribution in [0.3, 0.4) is 0 Å². The van der Waals surface area contributed by atoms with E-state index in [1.807, 2.05) is 19.9 Å². The van der Waals surface area contributed by atoms with Crippen molar-refractivity contribution in [1.82, 2.24) is 4.57 Å². The summed E-state index contributed by atoms with van der Waals surface area (Å²) in [6.45, 7) is 5.47. The van der Waals surface area contributed by atoms with Crippen LogP contribution in [0.2, 0.25) is 0 Å². The molecule has 1 heterocycles. The van der Waals surface area contributed by atoms with Crippen LogP contribution < -0.4 is 14.9 Å². The number of carbonyl (C=O) groups excluding carboxylic acids is 1. The van der Waals surface area contributed by atoms with E-state index in [1.54, 1.807) is 61.0 Å². The molecule has 1 amide bonds. The van der Waals surface area contributed by atoms with Crippen molar-refractivity contribution in [3.8, 4) is 0 Å². The zero-order valence-corrected chi connectivity index (χ0v) is 20.2. The summed E-state index contributed by atoms with van der Waals surface area (Å²) in [5.74, 6) is -0.444. The van der Waals surface area contributed by atoms with Gasteiger partial charge in [-0.15, -0.1) is 0 Å². The number of amides is 1. The molecule has 0 fully saturated rings. The Morgan fingerprint density at radius 3 is 2.30 bits per heavy atom. The number of fused-ring (bicyclic) bond motifs is 1. The molecule has 4 aromatic rings. The predicted octanol–water partition coefficient (Wildman–Crippen LogP) is 4.58. The number of sulfonamides is 1. The van der Waals surface area contributed by atoms with Crippen LogP contribution in [0, 0.1) is 20.8 Å². The van der Waals surface area contributed by atoms with Gasteiger partial charge in [-0.25, -0.2) is 8.42 Å². The second kappa shape index (κ2) is 8.49. The van der Waals surface area contributed by atoms with Gasteiger partial charge in [0.25, 0.3) is 15.9 Å². The second-order valence-corrected chi connectivity index (χ2v) is 10.7. The number of aromatic nitrogens is 1. The third-order valence-corrected chi connectivity index (χ3v) is 7.78. The smallest absolute Gasteiger partial charge is 0.307 e. The highest BCUT2D eigenvalue weighted by atomic mass is 32.2. The van der Waals surface area contributed by atoms with Gasteiger partial charge in [-0.1, -0.05) is 23.5 Å². The van der Waals surface area contributed by atoms with Crippen molar-refractivity contribution in [1.29, 1.82) is 0 Å². The van der Waals surface area contributed by atoms with E-state index in [4.69, 9.17) is 0 Å². The van der Waals surface area contributed by atoms with Gasteiger partial charge in [-0.05, 0) is 79.9 Å². The first-order valence-corrected chi connectivity index (χ1v) is 12.5. The third-order valence-electron chi connectivity index (χ3n) is 5.26. The minimum atomic E-state index is -3.90. The minimum Gasteiger partial charge on any atom is -0.322 e. The molecule has 0 saturated carbocycles. The van der Waals surface area contributed by atoms with Crippen LogP contribution in [0.4, 0.5) is 11.4 Å². The van der Waals surface area contributed by atoms with Gasteiger partial charge in [0.2, 0.25) is 0 Å². The van der Waals surface area contributed by atoms with Crippen LogP contribution in [0.25, 0.3) is 10.2 Å². The summed E-state index contributed by atoms with van der Waals surface area (Å²) in [7, 11) is -2.21. The molecule has 0 saturated heterocycles. The van der Waals surface area contributed by atoms with Crippen molar-refractivity contribution >= 4 is 48.9 Å². The first-order chi connectivity index (χ1) is 15.5. The molecule has 0 aliphatic rings. The zero-order valence-electron chi connectivity index (χ0n) is 18.6. The Morgan fingerprint density at radius 1 is 0.909 bits per heavy atom. The number of hydrogen-bond acceptors (Lipinski definition) is 5. The van der Waals surface area contributed by atoms with Crippen LogP contribution in [-0.2, 0) is 17.1 Å². The van der Waals surface area contributed by atoms with E-state index in [0.29, 0.717) is 16.9 Å². The van der Waals surface area contributed by atoms with Gasteiger partial charge in [0.15, 0.2) is 0 Å². The Bertz CT molecular complexity index is 1550. The highest BCUT2D eigenvalue weighted by Crippen LogP contribution is 2.24. The lowest BCUT2D eigenvalue weighted by Gasteiger charge is -2.13. The van der Waals surface area contributed by atoms with E-state index in [2.05, 4.69) is 10.0 Å². The predicted molar refractivity (Wildman–Crippen MR) is 133 cm³/mol. The third kappa shape index (κ3) is 4.69. The molecular weight excluding hydrogens is 458 g/mol. The number of nitrogens with zero attached hydrogens (tertiary/aromatic N) is 1. The molecule has 0 aliphatic heterocycles. The number of hydrogen-bond donors (Lipinski definition) is 2. The summed E-state index contributed by atoms with van der Waals surface area (Å²) in [4.78, 5) is 24.7. The van der Waals surface area contributed by atoms with Crippen molar-refractivity contribution in [3.63, 3.8) is 0 Å². The van der Waals surface area contributed by atoms with Gasteiger partial charge in [0.1, 0.15) is 0 Å². The second-order valence-electron chi connectivity index (χ2n) is 8.03. The van der Waals surface area contributed by atoms with Gasteiger partial charge < -0.3 is 9.88 Å². The maximum absolute atomic E-state index is 13.1. The van der Waals surface area contributed by atoms with E-state index in [-0.39, 0.29) is 15.3 Å². The summed E-state index contributed by atoms with van der Waals surface area (Å²) in [6.07, 6.45) is 0. The number of nitrogens with one attached hydrogen (secondary N) is 2. The molecule has 4 rings (SSSR count). The first kappa shape index (κ1) is 22.8. The molecule has 33 heavy (non-hydrogen) atoms. The molecule has 2 N–H and O–H groups in total. The topological polar surface area (TPSA) is 97.3 Å². The van der Waals surface area contributed by atoms with Gasteiger partial charge in [0.05, 0.1) is 15.1 Å². The molecule has 0 atom stereocenters. The fraction of sp³-hybridized carbons (Fsp3) is 0.167. The highest BCUT2D eigenvalue weighted by molar-refractivity contribution is 7.92. The van der Waals surface area contributed by atoms with E-state index >= 15 is 0 Å². The summed E-state index contributed by atoms with van der Waals surface area (Å²) >= 11 is 1.09. The van der Waals surface area contributed by atoms with Gasteiger partial charge in [0, 0.05) is 24.0 Å². The molecular formula is C24H23N3O4S2. The summed E-state index contributed by atoms with van der Waals surface area (Å²) < 4.78 is 31.1. The molecule has 1 aromatic heterocycles. The lowest BCUT2D eigenvalue weighted by molar-refractivity contribution is 0.102. The van der Waals surface area contributed by atoms with Gasteiger partial charge in [-0.2, -0.15) is 0 Å². The number of carbonyl (C=O) groups is 1. The quantitative estimate of drug-likeness (QED) is 0.436. The number of anilines is 2. The lowest BCUT2D eigenvalue weighted by Crippen LogP contribution is -2.17. The van der Waals surface area contributed by atoms with Crippen LogP contribution in [0.15, 0.2) is 64.3 Å². The summed E-state index contributed by atoms with van der Waals surface area (Å²) in [6, 6.07) is 15.2. The maximum atomic E-state index is 13.1. The van der Waals surface area contributed by atoms with E-state index in [1.165, 1.54) is 6.07 Å². The first-order valence-electron chi connectivity index (χ1n) is 10.2. The van der Waals surface area contributed by atoms with E-state index in [0.717, 1.165) is 32.7 Å². The Morgan fingerprint density at radius 2 is 1.61 bits per heavy atom. The van der Waals surface area contributed by atoms with Crippen LogP contribution >= 0.6 is 11.3 Å². The zero-order chi connectivity index (χ0) is 23.9. The van der Waals surface area contributed by atoms with Gasteiger partial charge in [-0.3, -0.25) is 14.3 Å². The number of benzene rings is 3. The molecule has 0 bridgehead atoms. The normalized spacial score (nSPS) is 11.5. The minimum absolute atomic E-state index is 0.0334. The van der Waals surface area contributed by atoms with Crippen molar-refractivity contribution in [2.24, 2.45) is 7.05 Å². The monoisotopic (exact) mass is 481 g/mol. The van der Waals surface area contributed by atoms with Crippen LogP contribution in [-0.4, -0.2) is 18.9 Å². The standard InChI is InChI=1S/C24H23N3O4S2/c1-14-9-15(2)11-19(10-14)26-33(30,31)22-12-17(6-5-16(22)3)23(28)25-18-7-8-20-21(13-18)32-24(29)27(20)4/h5-13,26H,1-4H3,(H,25,28). The van der Waals surface area contributed by atoms with Crippen molar-refractivity contribution in [3.05, 3.63) is 86.5 Å². The molecule has 170 valence electrons. The Balaban J connectivity index is 1.62. The fourth-order valence-electron chi connectivity index (χ4n) is 3.69. The Labute approximate surface area is 195 Å². The molecule has 7 nitrogen and oxygen atoms in total. The van der Waals surface area contributed by atoms with Crippen LogP contribution in [0.5, 0.6) is 0 Å². The molecule has 0 radical (unpaired) electrons. The van der Waals surface area contributed by atoms with Crippen molar-refractivity contribution in [2.75, 3.05) is 10.0 Å². The molecule has 3 aromatic carbocycles. The largest absolute Gasteiger partial charge is 0.322 e. The average molecular weight is 482 g/mol. The molecule has 0 unspecified atom stereocenters.